The van der Waals surface area contributed by atoms with Gasteiger partial charge in [0.2, 0.25) is 0 Å². The molecule has 6 heterocycles. The number of nitrogens with one attached hydrogen (secondary N) is 1. The molecule has 0 saturated carbocycles. The van der Waals surface area contributed by atoms with E-state index in [0.717, 1.165) is 12.1 Å². The number of fused-ring (bicyclic) bond motifs is 4. The summed E-state index contributed by atoms with van der Waals surface area (Å²) in [6.45, 7) is 5.71. The molecule has 0 saturated heterocycles. The Morgan fingerprint density at radius 1 is 0.616 bits per heavy atom. The fraction of sp³-hybridized carbons (Fsp3) is 0.190. The predicted octanol–water partition coefficient (Wildman–Crippen LogP) is 12.3. The lowest BCUT2D eigenvalue weighted by Crippen LogP contribution is -2.29. The van der Waals surface area contributed by atoms with Gasteiger partial charge in [-0.3, -0.25) is 38.3 Å². The van der Waals surface area contributed by atoms with Gasteiger partial charge in [-0.15, -0.1) is 22.7 Å². The fourth-order valence-electron chi connectivity index (χ4n) is 9.35. The van der Waals surface area contributed by atoms with Gasteiger partial charge < -0.3 is 25.0 Å². The third-order valence-electron chi connectivity index (χ3n) is 13.2. The summed E-state index contributed by atoms with van der Waals surface area (Å²) in [5.41, 5.74) is -0.161. The largest absolute Gasteiger partial charge is 0.491 e. The van der Waals surface area contributed by atoms with Gasteiger partial charge in [0.15, 0.2) is 0 Å². The van der Waals surface area contributed by atoms with Crippen molar-refractivity contribution in [3.8, 4) is 45.9 Å². The van der Waals surface area contributed by atoms with Gasteiger partial charge in [0, 0.05) is 54.4 Å². The number of halogens is 8. The van der Waals surface area contributed by atoms with Crippen LogP contribution < -0.4 is 25.9 Å². The average molecular weight is 1260 g/mol. The smallest absolute Gasteiger partial charge is 0.416 e. The molecule has 28 heteroatoms. The molecule has 0 spiro atoms. The second-order valence-electron chi connectivity index (χ2n) is 18.9. The van der Waals surface area contributed by atoms with E-state index in [-0.39, 0.29) is 70.9 Å². The number of pyridine rings is 2. The minimum atomic E-state index is -4.72. The highest BCUT2D eigenvalue weighted by Gasteiger charge is 2.34. The van der Waals surface area contributed by atoms with Gasteiger partial charge in [0.05, 0.1) is 88.7 Å². The molecule has 6 aromatic heterocycles. The van der Waals surface area contributed by atoms with E-state index >= 15 is 0 Å². The molecule has 0 unspecified atom stereocenters. The monoisotopic (exact) mass is 1250 g/mol. The second kappa shape index (κ2) is 24.3. The Bertz CT molecular complexity index is 4680. The molecule has 4 aromatic carbocycles. The number of aliphatic carboxylic acids is 1. The number of hydrogen-bond donors (Lipinski definition) is 3. The van der Waals surface area contributed by atoms with Crippen LogP contribution in [0.4, 0.5) is 26.3 Å². The maximum absolute atomic E-state index is 13.3. The minimum absolute atomic E-state index is 0.0193. The third kappa shape index (κ3) is 12.5. The van der Waals surface area contributed by atoms with Crippen LogP contribution >= 0.6 is 45.9 Å². The average Bonchev–Trinajstić information content (AvgIpc) is 1.87. The Labute approximate surface area is 498 Å². The molecule has 10 rings (SSSR count). The van der Waals surface area contributed by atoms with Gasteiger partial charge in [-0.25, -0.2) is 14.8 Å². The van der Waals surface area contributed by atoms with Crippen molar-refractivity contribution in [2.45, 2.75) is 53.1 Å². The number of nitrogens with zero attached hydrogens (tertiary/aromatic N) is 8. The Morgan fingerprint density at radius 3 is 1.43 bits per heavy atom. The zero-order valence-electron chi connectivity index (χ0n) is 44.8. The van der Waals surface area contributed by atoms with Crippen molar-refractivity contribution in [2.24, 2.45) is 0 Å². The number of thiophene rings is 2. The number of aromatic carboxylic acids is 1. The molecule has 0 atom stereocenters. The molecule has 10 aromatic rings. The van der Waals surface area contributed by atoms with Crippen molar-refractivity contribution in [1.29, 1.82) is 10.5 Å². The number of ether oxygens (including phenoxy) is 2. The van der Waals surface area contributed by atoms with Crippen LogP contribution in [-0.2, 0) is 30.2 Å². The first-order chi connectivity index (χ1) is 40.7. The first-order valence-electron chi connectivity index (χ1n) is 25.1. The molecule has 86 heavy (non-hydrogen) atoms. The molecule has 438 valence electrons. The highest BCUT2D eigenvalue weighted by molar-refractivity contribution is 7.18. The highest BCUT2D eigenvalue weighted by Crippen LogP contribution is 2.43. The van der Waals surface area contributed by atoms with E-state index in [9.17, 15) is 65.9 Å². The summed E-state index contributed by atoms with van der Waals surface area (Å²) in [4.78, 5) is 79.1. The van der Waals surface area contributed by atoms with Crippen molar-refractivity contribution in [3.63, 3.8) is 0 Å². The molecule has 1 amide bonds. The van der Waals surface area contributed by atoms with Crippen LogP contribution in [0.1, 0.15) is 66.0 Å². The molecule has 0 radical (unpaired) electrons. The molecule has 0 fully saturated rings. The lowest BCUT2D eigenvalue weighted by Gasteiger charge is -2.16. The first kappa shape index (κ1) is 61.1. The van der Waals surface area contributed by atoms with E-state index in [1.807, 2.05) is 0 Å². The molecule has 18 nitrogen and oxygen atoms in total. The van der Waals surface area contributed by atoms with Crippen molar-refractivity contribution in [3.05, 3.63) is 171 Å². The fourth-order valence-corrected chi connectivity index (χ4v) is 11.7. The maximum atomic E-state index is 13.3. The number of aromatic nitrogens is 6. The zero-order chi connectivity index (χ0) is 62.3. The number of rotatable bonds is 14. The van der Waals surface area contributed by atoms with Gasteiger partial charge in [-0.05, 0) is 100 Å². The SMILES string of the molecule is Cc1cc(-c2cc(Cl)ccc2OCCn2c(C)nc3cc(C(F)(F)F)cc(C#N)c3c2=O)c2scc(C(=O)NCC(=O)O)c2n1.Cc1cc(-c2cc(Cl)ccc2OCCn2c(C)nc3cc(C(F)(F)F)cc(C#N)c3c2=O)c2scc(C(=O)O)c2n1. The Balaban J connectivity index is 0.000000206. The number of carbonyl (C=O) groups excluding carboxylic acids is 1. The minimum Gasteiger partial charge on any atom is -0.491 e. The van der Waals surface area contributed by atoms with Crippen LogP contribution in [0.15, 0.2) is 93.1 Å². The predicted molar refractivity (Wildman–Crippen MR) is 308 cm³/mol. The van der Waals surface area contributed by atoms with Crippen molar-refractivity contribution in [2.75, 3.05) is 19.8 Å². The zero-order valence-corrected chi connectivity index (χ0v) is 47.9. The van der Waals surface area contributed by atoms with Crippen molar-refractivity contribution >= 4 is 106 Å². The molecule has 0 bridgehead atoms. The Morgan fingerprint density at radius 2 is 1.03 bits per heavy atom. The third-order valence-corrected chi connectivity index (χ3v) is 15.7. The van der Waals surface area contributed by atoms with Crippen LogP contribution in [0.3, 0.4) is 0 Å². The number of nitriles is 2. The summed E-state index contributed by atoms with van der Waals surface area (Å²) in [7, 11) is 0. The Kier molecular flexibility index (Phi) is 17.2. The summed E-state index contributed by atoms with van der Waals surface area (Å²) in [6.07, 6.45) is -9.42. The van der Waals surface area contributed by atoms with Crippen molar-refractivity contribution < 1.29 is 60.4 Å². The molecular weight excluding hydrogens is 1220 g/mol. The van der Waals surface area contributed by atoms with E-state index in [2.05, 4.69) is 25.3 Å². The summed E-state index contributed by atoms with van der Waals surface area (Å²) >= 11 is 15.1. The van der Waals surface area contributed by atoms with Crippen LogP contribution in [0, 0.1) is 50.4 Å². The number of aryl methyl sites for hydroxylation is 4. The number of hydrogen-bond acceptors (Lipinski definition) is 15. The lowest BCUT2D eigenvalue weighted by atomic mass is 10.0. The maximum Gasteiger partial charge on any atom is 0.416 e. The second-order valence-corrected chi connectivity index (χ2v) is 21.6. The van der Waals surface area contributed by atoms with Crippen molar-refractivity contribution in [1.82, 2.24) is 34.4 Å². The van der Waals surface area contributed by atoms with E-state index in [4.69, 9.17) is 37.8 Å². The van der Waals surface area contributed by atoms with Gasteiger partial charge in [-0.2, -0.15) is 36.9 Å². The van der Waals surface area contributed by atoms with Gasteiger partial charge in [-0.1, -0.05) is 23.2 Å². The first-order valence-corrected chi connectivity index (χ1v) is 27.6. The van der Waals surface area contributed by atoms with Crippen LogP contribution in [0.2, 0.25) is 10.0 Å². The number of benzene rings is 4. The van der Waals surface area contributed by atoms with Gasteiger partial charge in [0.1, 0.15) is 55.0 Å². The molecule has 0 aliphatic heterocycles. The number of carbonyl (C=O) groups is 3. The van der Waals surface area contributed by atoms with E-state index in [0.29, 0.717) is 87.8 Å². The van der Waals surface area contributed by atoms with Crippen LogP contribution in [-0.4, -0.2) is 76.9 Å². The number of alkyl halides is 6. The number of amides is 1. The van der Waals surface area contributed by atoms with Crippen LogP contribution in [0.5, 0.6) is 11.5 Å². The summed E-state index contributed by atoms with van der Waals surface area (Å²) in [5, 5.41) is 43.2. The Hall–Kier alpha value is -9.47. The topological polar surface area (TPSA) is 265 Å². The number of carboxylic acids is 2. The van der Waals surface area contributed by atoms with Crippen LogP contribution in [0.25, 0.3) is 64.5 Å². The van der Waals surface area contributed by atoms with E-state index in [1.54, 1.807) is 79.9 Å². The summed E-state index contributed by atoms with van der Waals surface area (Å²) < 4.78 is 95.7. The lowest BCUT2D eigenvalue weighted by molar-refractivity contribution is -0.138. The normalized spacial score (nSPS) is 11.6. The van der Waals surface area contributed by atoms with E-state index < -0.39 is 70.1 Å². The summed E-state index contributed by atoms with van der Waals surface area (Å²) in [5.74, 6) is -1.81. The van der Waals surface area contributed by atoms with Gasteiger partial charge >= 0.3 is 24.3 Å². The summed E-state index contributed by atoms with van der Waals surface area (Å²) in [6, 6.07) is 19.5. The number of carboxylic acid groups (broad SMARTS) is 2. The van der Waals surface area contributed by atoms with E-state index in [1.165, 1.54) is 51.0 Å². The molecular formula is C58H39Cl2F6N9O9S2. The quantitative estimate of drug-likeness (QED) is 0.0855. The molecule has 0 aliphatic carbocycles. The molecule has 0 aliphatic rings. The molecule has 3 N–H and O–H groups in total. The van der Waals surface area contributed by atoms with Gasteiger partial charge in [0.25, 0.3) is 17.0 Å². The highest BCUT2D eigenvalue weighted by atomic mass is 35.5. The standard InChI is InChI=1S/C30H21ClF3N5O5S.C28H18ClF3N4O4S/c1-14-7-20(27-26(37-14)21(13-45-27)28(42)36-12-24(40)41)19-10-18(31)3-4-23(19)44-6-5-39-15(2)38-22-9-17(30(32,33)34)8-16(11-35)25(22)29(39)43;1-13-7-19(25-24(34-13)20(12-41-25)27(38)39)18-10-17(29)3-4-22(18)40-6-5-36-14(2)35-21-9-16(28(30,31)32)8-15(11-33)23(21)26(36)37/h3-4,7-10,13H,5-6,12H2,1-2H3,(H,36,42)(H,40,41);3-4,7-10,12H,5-6H2,1-2H3,(H,38,39).